The van der Waals surface area contributed by atoms with Gasteiger partial charge in [0.2, 0.25) is 5.78 Å². The van der Waals surface area contributed by atoms with E-state index in [1.165, 1.54) is 51.3 Å². The Bertz CT molecular complexity index is 3550. The zero-order valence-electron chi connectivity index (χ0n) is 45.6. The van der Waals surface area contributed by atoms with Crippen LogP contribution < -0.4 is 21.6 Å². The summed E-state index contributed by atoms with van der Waals surface area (Å²) >= 11 is 0. The van der Waals surface area contributed by atoms with Gasteiger partial charge in [-0.05, 0) is 45.9 Å². The van der Waals surface area contributed by atoms with E-state index in [9.17, 15) is 69.6 Å². The van der Waals surface area contributed by atoms with Gasteiger partial charge in [0.25, 0.3) is 5.91 Å². The number of hydrogen-bond acceptors (Lipinski definition) is 22. The third-order valence-corrected chi connectivity index (χ3v) is 16.7. The summed E-state index contributed by atoms with van der Waals surface area (Å²) in [5, 5.41) is 93.8. The number of rotatable bonds is 9. The van der Waals surface area contributed by atoms with Gasteiger partial charge in [-0.3, -0.25) is 28.8 Å². The summed E-state index contributed by atoms with van der Waals surface area (Å²) in [6, 6.07) is 17.5. The molecule has 2 heterocycles. The summed E-state index contributed by atoms with van der Waals surface area (Å²) < 4.78 is 29.2. The second-order valence-corrected chi connectivity index (χ2v) is 21.9. The molecule has 2 saturated heterocycles. The lowest BCUT2D eigenvalue weighted by atomic mass is 9.71. The van der Waals surface area contributed by atoms with Gasteiger partial charge >= 0.3 is 0 Å². The topological polar surface area (TPSA) is 387 Å². The summed E-state index contributed by atoms with van der Waals surface area (Å²) in [5.74, 6) is -6.14. The van der Waals surface area contributed by atoms with Crippen molar-refractivity contribution in [3.63, 3.8) is 0 Å². The Balaban J connectivity index is 0.000000192. The first-order valence-electron chi connectivity index (χ1n) is 26.8. The van der Waals surface area contributed by atoms with E-state index in [1.54, 1.807) is 56.3 Å². The van der Waals surface area contributed by atoms with Gasteiger partial charge in [0, 0.05) is 95.1 Å². The molecule has 4 aliphatic carbocycles. The Labute approximate surface area is 474 Å². The number of phenolic OH excluding ortho intramolecular Hbond substituents is 4. The number of amides is 1. The van der Waals surface area contributed by atoms with E-state index >= 15 is 0 Å². The van der Waals surface area contributed by atoms with Crippen LogP contribution >= 0.6 is 0 Å². The smallest absolute Gasteiger partial charge is 0.271 e. The standard InChI is InChI=1S/C34H35N3O10.C26H27NO9/c1-15-28(38)20(35)12-23(46-15)47-22-14-34(44,16(2)36-37-33(43)17-8-5-4-6-9-17)13-19-25(22)32(42)27-26(30(19)40)29(39)18-10-7-11-21(45-3)24(18)31(27)41;1-10-21(29)15(27)7-17(35-10)36-16-9-26(34,11(2)28)8-14-18(16)25(33)20-19(24(14)32)22(30)12-5-3-4-6-13(12)23(20)31/h4-11,15,20,22-23,28,38,40,42,44H,12-14,35H2,1-3H3,(H,37,43);3-6,10,15-17,21,29,32-34H,7-9,27H2,1-2H3/b36-16+;/t15-,20-,22-,23-,28+,34-;10-,15-,16-,17-,21+,26-/m00/s1. The van der Waals surface area contributed by atoms with Gasteiger partial charge in [0.05, 0.1) is 77.3 Å². The first-order valence-corrected chi connectivity index (χ1v) is 26.8. The summed E-state index contributed by atoms with van der Waals surface area (Å²) in [6.45, 7) is 5.90. The number of nitrogens with two attached hydrogens (primary N) is 2. The highest BCUT2D eigenvalue weighted by Gasteiger charge is 2.51. The van der Waals surface area contributed by atoms with Gasteiger partial charge in [0.15, 0.2) is 35.7 Å². The van der Waals surface area contributed by atoms with Crippen LogP contribution in [0.2, 0.25) is 0 Å². The van der Waals surface area contributed by atoms with E-state index in [-0.39, 0.29) is 99.2 Å². The highest BCUT2D eigenvalue weighted by molar-refractivity contribution is 6.32. The number of hydrogen-bond donors (Lipinski definition) is 11. The third-order valence-electron chi connectivity index (χ3n) is 16.7. The lowest BCUT2D eigenvalue weighted by molar-refractivity contribution is -0.247. The molecule has 23 heteroatoms. The van der Waals surface area contributed by atoms with Gasteiger partial charge in [-0.1, -0.05) is 54.6 Å². The number of aliphatic hydroxyl groups excluding tert-OH is 2. The van der Waals surface area contributed by atoms with Crippen LogP contribution in [0.5, 0.6) is 28.7 Å². The minimum Gasteiger partial charge on any atom is -0.507 e. The maximum atomic E-state index is 13.9. The zero-order chi connectivity index (χ0) is 59.9. The van der Waals surface area contributed by atoms with Gasteiger partial charge in [-0.15, -0.1) is 0 Å². The minimum atomic E-state index is -1.97. The molecule has 13 N–H and O–H groups in total. The molecule has 83 heavy (non-hydrogen) atoms. The molecule has 0 aromatic heterocycles. The second-order valence-electron chi connectivity index (χ2n) is 21.9. The number of nitrogens with one attached hydrogen (secondary N) is 1. The summed E-state index contributed by atoms with van der Waals surface area (Å²) in [5.41, 5.74) is 9.42. The van der Waals surface area contributed by atoms with Crippen molar-refractivity contribution in [2.75, 3.05) is 7.11 Å². The lowest BCUT2D eigenvalue weighted by Crippen LogP contribution is -2.52. The molecule has 0 unspecified atom stereocenters. The van der Waals surface area contributed by atoms with Crippen LogP contribution in [0.4, 0.5) is 0 Å². The van der Waals surface area contributed by atoms with Crippen molar-refractivity contribution in [2.45, 2.75) is 139 Å². The van der Waals surface area contributed by atoms with Crippen LogP contribution in [0, 0.1) is 0 Å². The van der Waals surface area contributed by atoms with Crippen molar-refractivity contribution in [1.82, 2.24) is 5.43 Å². The molecule has 23 nitrogen and oxygen atoms in total. The number of aliphatic hydroxyl groups is 4. The lowest BCUT2D eigenvalue weighted by Gasteiger charge is -2.42. The van der Waals surface area contributed by atoms with E-state index in [1.807, 2.05) is 0 Å². The Kier molecular flexibility index (Phi) is 15.5. The molecule has 5 aromatic rings. The molecular formula is C60H62N4O19. The average molecular weight is 1140 g/mol. The number of ketones is 5. The molecule has 1 amide bonds. The van der Waals surface area contributed by atoms with E-state index in [0.29, 0.717) is 5.56 Å². The van der Waals surface area contributed by atoms with Crippen LogP contribution in [0.1, 0.15) is 162 Å². The van der Waals surface area contributed by atoms with Gasteiger partial charge in [-0.25, -0.2) is 5.43 Å². The number of benzene rings is 5. The average Bonchev–Trinajstić information content (AvgIpc) is 0.832. The van der Waals surface area contributed by atoms with Gasteiger partial charge in [0.1, 0.15) is 39.9 Å². The maximum Gasteiger partial charge on any atom is 0.271 e. The number of aromatic hydroxyl groups is 4. The summed E-state index contributed by atoms with van der Waals surface area (Å²) in [6.07, 6.45) is -8.89. The number of carbonyl (C=O) groups excluding carboxylic acids is 6. The molecular weight excluding hydrogens is 1080 g/mol. The Hall–Kier alpha value is -7.81. The van der Waals surface area contributed by atoms with E-state index in [2.05, 4.69) is 10.5 Å². The van der Waals surface area contributed by atoms with Crippen molar-refractivity contribution in [3.05, 3.63) is 145 Å². The largest absolute Gasteiger partial charge is 0.507 e. The number of phenols is 4. The van der Waals surface area contributed by atoms with Crippen molar-refractivity contribution < 1.29 is 93.3 Å². The van der Waals surface area contributed by atoms with Crippen LogP contribution in [0.15, 0.2) is 77.9 Å². The van der Waals surface area contributed by atoms with Crippen LogP contribution in [-0.4, -0.2) is 149 Å². The van der Waals surface area contributed by atoms with Gasteiger partial charge < -0.3 is 76.0 Å². The molecule has 0 spiro atoms. The van der Waals surface area contributed by atoms with Crippen LogP contribution in [-0.2, 0) is 36.6 Å². The van der Waals surface area contributed by atoms with Crippen LogP contribution in [0.3, 0.4) is 0 Å². The van der Waals surface area contributed by atoms with Crippen molar-refractivity contribution in [3.8, 4) is 28.7 Å². The number of nitrogens with zero attached hydrogens (tertiary/aromatic N) is 1. The molecule has 436 valence electrons. The molecule has 0 saturated carbocycles. The highest BCUT2D eigenvalue weighted by atomic mass is 16.7. The molecule has 5 aromatic carbocycles. The quantitative estimate of drug-likeness (QED) is 0.0561. The van der Waals surface area contributed by atoms with Gasteiger partial charge in [-0.2, -0.15) is 5.10 Å². The number of carbonyl (C=O) groups is 6. The fraction of sp³-hybridized carbons (Fsp3) is 0.383. The molecule has 0 radical (unpaired) electrons. The molecule has 11 rings (SSSR count). The van der Waals surface area contributed by atoms with E-state index < -0.39 is 148 Å². The monoisotopic (exact) mass is 1140 g/mol. The van der Waals surface area contributed by atoms with Crippen molar-refractivity contribution in [1.29, 1.82) is 0 Å². The predicted octanol–water partition coefficient (Wildman–Crippen LogP) is 3.27. The third kappa shape index (κ3) is 10.0. The molecule has 2 fully saturated rings. The summed E-state index contributed by atoms with van der Waals surface area (Å²) in [4.78, 5) is 79.4. The Morgan fingerprint density at radius 2 is 1.04 bits per heavy atom. The number of fused-ring (bicyclic) bond motifs is 6. The molecule has 0 bridgehead atoms. The molecule has 2 aliphatic heterocycles. The summed E-state index contributed by atoms with van der Waals surface area (Å²) in [7, 11) is 1.34. The normalized spacial score (nSPS) is 28.9. The van der Waals surface area contributed by atoms with Crippen LogP contribution in [0.25, 0.3) is 0 Å². The SMILES string of the molecule is CC(=O)[C@]1(O)Cc2c(O)c3c(c(O)c2[C@@H](O[C@H]2C[C@H](N)[C@H](O)[C@H](C)O2)C1)C(=O)c1ccccc1C3=O.COc1cccc2c1C(=O)c1c(O)c3c(c(O)c1C2=O)C[C@@](O)(/C(C)=N/NC(=O)c1ccccc1)C[C@@H]3O[C@H]1C[C@H](N)[C@H](O)[C@H](C)O1. The number of hydrazone groups is 1. The highest BCUT2D eigenvalue weighted by Crippen LogP contribution is 2.54. The van der Waals surface area contributed by atoms with E-state index in [0.717, 1.165) is 0 Å². The number of Topliss-reactive ketones (excluding diaryl/α,β-unsaturated/α-hetero) is 1. The van der Waals surface area contributed by atoms with E-state index in [4.69, 9.17) is 35.2 Å². The fourth-order valence-electron chi connectivity index (χ4n) is 12.0. The molecule has 6 aliphatic rings. The first-order chi connectivity index (χ1) is 39.3. The first kappa shape index (κ1) is 58.4. The Morgan fingerprint density at radius 1 is 0.602 bits per heavy atom. The zero-order valence-corrected chi connectivity index (χ0v) is 45.6. The second kappa shape index (κ2) is 22.1. The maximum absolute atomic E-state index is 13.9. The fourth-order valence-corrected chi connectivity index (χ4v) is 12.0. The minimum absolute atomic E-state index is 0.00588. The number of methoxy groups -OCH3 is 1. The number of ether oxygens (including phenoxy) is 5. The predicted molar refractivity (Wildman–Crippen MR) is 290 cm³/mol. The van der Waals surface area contributed by atoms with Crippen molar-refractivity contribution in [2.24, 2.45) is 16.6 Å². The van der Waals surface area contributed by atoms with Crippen molar-refractivity contribution >= 4 is 40.5 Å². The Morgan fingerprint density at radius 3 is 1.52 bits per heavy atom. The molecule has 12 atom stereocenters.